The van der Waals surface area contributed by atoms with Crippen LogP contribution in [0.3, 0.4) is 0 Å². The zero-order valence-corrected chi connectivity index (χ0v) is 9.62. The predicted molar refractivity (Wildman–Crippen MR) is 59.0 cm³/mol. The van der Waals surface area contributed by atoms with Gasteiger partial charge in [-0.25, -0.2) is 0 Å². The normalized spacial score (nSPS) is 12.7. The van der Waals surface area contributed by atoms with Gasteiger partial charge in [0.2, 0.25) is 5.13 Å². The van der Waals surface area contributed by atoms with Gasteiger partial charge in [0.25, 0.3) is 0 Å². The summed E-state index contributed by atoms with van der Waals surface area (Å²) in [7, 11) is 0. The van der Waals surface area contributed by atoms with Crippen molar-refractivity contribution in [2.45, 2.75) is 20.3 Å². The van der Waals surface area contributed by atoms with Crippen LogP contribution in [0.1, 0.15) is 20.3 Å². The predicted octanol–water partition coefficient (Wildman–Crippen LogP) is 1.70. The van der Waals surface area contributed by atoms with Gasteiger partial charge in [0, 0.05) is 6.54 Å². The Hall–Kier alpha value is -1.17. The van der Waals surface area contributed by atoms with Gasteiger partial charge < -0.3 is 10.4 Å². The lowest BCUT2D eigenvalue weighted by Gasteiger charge is -2.14. The van der Waals surface area contributed by atoms with Crippen LogP contribution >= 0.6 is 11.3 Å². The minimum Gasteiger partial charge on any atom is -0.481 e. The van der Waals surface area contributed by atoms with E-state index in [2.05, 4.69) is 15.5 Å². The molecule has 5 nitrogen and oxygen atoms in total. The summed E-state index contributed by atoms with van der Waals surface area (Å²) in [6.07, 6.45) is 0.668. The summed E-state index contributed by atoms with van der Waals surface area (Å²) in [5, 5.41) is 20.1. The topological polar surface area (TPSA) is 75.1 Å². The Bertz CT molecular complexity index is 300. The lowest BCUT2D eigenvalue weighted by molar-refractivity contribution is -0.141. The quantitative estimate of drug-likeness (QED) is 0.776. The van der Waals surface area contributed by atoms with Crippen molar-refractivity contribution in [2.24, 2.45) is 11.8 Å². The number of carboxylic acid groups (broad SMARTS) is 1. The molecule has 15 heavy (non-hydrogen) atoms. The van der Waals surface area contributed by atoms with Crippen LogP contribution in [0.5, 0.6) is 0 Å². The number of nitrogens with one attached hydrogen (secondary N) is 1. The molecular weight excluding hydrogens is 214 g/mol. The van der Waals surface area contributed by atoms with E-state index in [0.29, 0.717) is 24.0 Å². The van der Waals surface area contributed by atoms with Gasteiger partial charge in [-0.05, 0) is 12.3 Å². The molecule has 1 atom stereocenters. The largest absolute Gasteiger partial charge is 0.481 e. The van der Waals surface area contributed by atoms with E-state index in [0.717, 1.165) is 0 Å². The molecule has 6 heteroatoms. The van der Waals surface area contributed by atoms with Crippen LogP contribution in [0, 0.1) is 11.8 Å². The number of carbonyl (C=O) groups is 1. The summed E-state index contributed by atoms with van der Waals surface area (Å²) in [4.78, 5) is 10.9. The molecule has 0 aliphatic carbocycles. The van der Waals surface area contributed by atoms with Gasteiger partial charge in [-0.1, -0.05) is 25.2 Å². The standard InChI is InChI=1S/C9H15N3O2S/c1-6(2)3-7(8(13)14)4-10-9-12-11-5-15-9/h5-7H,3-4H2,1-2H3,(H,10,12)(H,13,14). The maximum Gasteiger partial charge on any atom is 0.308 e. The van der Waals surface area contributed by atoms with E-state index in [1.165, 1.54) is 11.3 Å². The number of rotatable bonds is 6. The molecule has 0 aliphatic rings. The van der Waals surface area contributed by atoms with Gasteiger partial charge in [-0.15, -0.1) is 10.2 Å². The molecular formula is C9H15N3O2S. The fourth-order valence-electron chi connectivity index (χ4n) is 1.30. The van der Waals surface area contributed by atoms with Crippen LogP contribution < -0.4 is 5.32 Å². The maximum atomic E-state index is 10.9. The molecule has 84 valence electrons. The van der Waals surface area contributed by atoms with Gasteiger partial charge >= 0.3 is 5.97 Å². The molecule has 0 saturated carbocycles. The molecule has 1 aromatic heterocycles. The second kappa shape index (κ2) is 5.65. The van der Waals surface area contributed by atoms with Crippen molar-refractivity contribution < 1.29 is 9.90 Å². The fourth-order valence-corrected chi connectivity index (χ4v) is 1.76. The van der Waals surface area contributed by atoms with Crippen molar-refractivity contribution in [1.82, 2.24) is 10.2 Å². The van der Waals surface area contributed by atoms with E-state index >= 15 is 0 Å². The highest BCUT2D eigenvalue weighted by Crippen LogP contribution is 2.14. The maximum absolute atomic E-state index is 10.9. The molecule has 0 bridgehead atoms. The van der Waals surface area contributed by atoms with E-state index in [9.17, 15) is 4.79 Å². The first-order valence-electron chi connectivity index (χ1n) is 4.82. The van der Waals surface area contributed by atoms with Crippen LogP contribution in [0.4, 0.5) is 5.13 Å². The van der Waals surface area contributed by atoms with E-state index in [1.54, 1.807) is 5.51 Å². The summed E-state index contributed by atoms with van der Waals surface area (Å²) < 4.78 is 0. The average molecular weight is 229 g/mol. The van der Waals surface area contributed by atoms with Crippen LogP contribution in [-0.4, -0.2) is 27.8 Å². The fraction of sp³-hybridized carbons (Fsp3) is 0.667. The Kier molecular flexibility index (Phi) is 4.48. The highest BCUT2D eigenvalue weighted by Gasteiger charge is 2.18. The Labute approximate surface area is 92.5 Å². The van der Waals surface area contributed by atoms with Crippen LogP contribution in [0.15, 0.2) is 5.51 Å². The van der Waals surface area contributed by atoms with Gasteiger partial charge in [-0.2, -0.15) is 0 Å². The minimum atomic E-state index is -0.763. The second-order valence-corrected chi connectivity index (χ2v) is 4.62. The first kappa shape index (κ1) is 11.9. The van der Waals surface area contributed by atoms with Crippen molar-refractivity contribution in [3.63, 3.8) is 0 Å². The van der Waals surface area contributed by atoms with E-state index in [-0.39, 0.29) is 5.92 Å². The number of carboxylic acids is 1. The summed E-state index contributed by atoms with van der Waals surface area (Å²) in [5.41, 5.74) is 1.61. The van der Waals surface area contributed by atoms with Gasteiger partial charge in [0.05, 0.1) is 5.92 Å². The summed E-state index contributed by atoms with van der Waals surface area (Å²) >= 11 is 1.37. The molecule has 1 aromatic rings. The lowest BCUT2D eigenvalue weighted by Crippen LogP contribution is -2.24. The second-order valence-electron chi connectivity index (χ2n) is 3.79. The minimum absolute atomic E-state index is 0.367. The molecule has 0 spiro atoms. The summed E-state index contributed by atoms with van der Waals surface area (Å²) in [5.74, 6) is -0.753. The molecule has 1 unspecified atom stereocenters. The monoisotopic (exact) mass is 229 g/mol. The van der Waals surface area contributed by atoms with Crippen molar-refractivity contribution >= 4 is 22.4 Å². The first-order chi connectivity index (χ1) is 7.09. The summed E-state index contributed by atoms with van der Waals surface area (Å²) in [6, 6.07) is 0. The zero-order chi connectivity index (χ0) is 11.3. The highest BCUT2D eigenvalue weighted by atomic mass is 32.1. The number of anilines is 1. The number of hydrogen-bond donors (Lipinski definition) is 2. The zero-order valence-electron chi connectivity index (χ0n) is 8.80. The molecule has 0 aromatic carbocycles. The van der Waals surface area contributed by atoms with Gasteiger partial charge in [-0.3, -0.25) is 4.79 Å². The molecule has 0 saturated heterocycles. The van der Waals surface area contributed by atoms with Crippen molar-refractivity contribution in [1.29, 1.82) is 0 Å². The van der Waals surface area contributed by atoms with Gasteiger partial charge in [0.1, 0.15) is 5.51 Å². The molecule has 0 aliphatic heterocycles. The lowest BCUT2D eigenvalue weighted by atomic mass is 9.97. The molecule has 0 amide bonds. The van der Waals surface area contributed by atoms with Crippen molar-refractivity contribution in [3.05, 3.63) is 5.51 Å². The number of aromatic nitrogens is 2. The SMILES string of the molecule is CC(C)CC(CNc1nncs1)C(=O)O. The van der Waals surface area contributed by atoms with Crippen LogP contribution in [-0.2, 0) is 4.79 Å². The van der Waals surface area contributed by atoms with Crippen molar-refractivity contribution in [2.75, 3.05) is 11.9 Å². The number of hydrogen-bond acceptors (Lipinski definition) is 5. The summed E-state index contributed by atoms with van der Waals surface area (Å²) in [6.45, 7) is 4.44. The number of nitrogens with zero attached hydrogens (tertiary/aromatic N) is 2. The average Bonchev–Trinajstić information content (AvgIpc) is 2.63. The Balaban J connectivity index is 2.41. The molecule has 0 fully saturated rings. The van der Waals surface area contributed by atoms with Gasteiger partial charge in [0.15, 0.2) is 0 Å². The van der Waals surface area contributed by atoms with Crippen LogP contribution in [0.2, 0.25) is 0 Å². The first-order valence-corrected chi connectivity index (χ1v) is 5.70. The van der Waals surface area contributed by atoms with E-state index < -0.39 is 5.97 Å². The highest BCUT2D eigenvalue weighted by molar-refractivity contribution is 7.13. The Morgan fingerprint density at radius 2 is 2.40 bits per heavy atom. The Morgan fingerprint density at radius 3 is 2.87 bits per heavy atom. The molecule has 1 rings (SSSR count). The third kappa shape index (κ3) is 4.24. The number of aliphatic carboxylic acids is 1. The third-order valence-electron chi connectivity index (χ3n) is 1.96. The molecule has 2 N–H and O–H groups in total. The third-order valence-corrected chi connectivity index (χ3v) is 2.61. The smallest absolute Gasteiger partial charge is 0.308 e. The molecule has 0 radical (unpaired) electrons. The Morgan fingerprint density at radius 1 is 1.67 bits per heavy atom. The van der Waals surface area contributed by atoms with E-state index in [4.69, 9.17) is 5.11 Å². The van der Waals surface area contributed by atoms with Crippen molar-refractivity contribution in [3.8, 4) is 0 Å². The van der Waals surface area contributed by atoms with Crippen LogP contribution in [0.25, 0.3) is 0 Å². The molecule has 1 heterocycles. The van der Waals surface area contributed by atoms with E-state index in [1.807, 2.05) is 13.8 Å².